The van der Waals surface area contributed by atoms with Gasteiger partial charge in [-0.1, -0.05) is 30.3 Å². The molecule has 0 aromatic heterocycles. The van der Waals surface area contributed by atoms with E-state index in [1.165, 1.54) is 6.07 Å². The summed E-state index contributed by atoms with van der Waals surface area (Å²) in [6.07, 6.45) is 2.00. The summed E-state index contributed by atoms with van der Waals surface area (Å²) in [4.78, 5) is 29.5. The number of nitrogens with zero attached hydrogens (tertiary/aromatic N) is 2. The van der Waals surface area contributed by atoms with Crippen molar-refractivity contribution in [3.63, 3.8) is 0 Å². The van der Waals surface area contributed by atoms with Crippen LogP contribution in [0.1, 0.15) is 32.3 Å². The predicted octanol–water partition coefficient (Wildman–Crippen LogP) is 3.55. The average Bonchev–Trinajstić information content (AvgIpc) is 3.49. The van der Waals surface area contributed by atoms with Gasteiger partial charge >= 0.3 is 0 Å². The Morgan fingerprint density at radius 1 is 1.18 bits per heavy atom. The lowest BCUT2D eigenvalue weighted by Gasteiger charge is -2.42. The van der Waals surface area contributed by atoms with Gasteiger partial charge in [-0.3, -0.25) is 19.4 Å². The number of anilines is 2. The summed E-state index contributed by atoms with van der Waals surface area (Å²) in [7, 11) is 0. The van der Waals surface area contributed by atoms with E-state index in [-0.39, 0.29) is 30.2 Å². The normalized spacial score (nSPS) is 18.0. The zero-order valence-electron chi connectivity index (χ0n) is 16.1. The van der Waals surface area contributed by atoms with Gasteiger partial charge in [-0.15, -0.1) is 0 Å². The fourth-order valence-corrected chi connectivity index (χ4v) is 3.74. The molecular formula is C22H24FN3O2. The van der Waals surface area contributed by atoms with Gasteiger partial charge in [0.15, 0.2) is 0 Å². The molecule has 1 saturated carbocycles. The molecule has 2 amide bonds. The molecule has 2 aromatic rings. The Bertz CT molecular complexity index is 924. The molecule has 1 heterocycles. The zero-order valence-corrected chi connectivity index (χ0v) is 16.1. The summed E-state index contributed by atoms with van der Waals surface area (Å²) in [5.41, 5.74) is 0.905. The van der Waals surface area contributed by atoms with E-state index in [4.69, 9.17) is 0 Å². The lowest BCUT2D eigenvalue weighted by molar-refractivity contribution is -0.127. The molecule has 28 heavy (non-hydrogen) atoms. The van der Waals surface area contributed by atoms with E-state index in [1.54, 1.807) is 43.0 Å². The smallest absolute Gasteiger partial charge is 0.250 e. The fourth-order valence-electron chi connectivity index (χ4n) is 3.74. The van der Waals surface area contributed by atoms with Gasteiger partial charge in [-0.05, 0) is 44.9 Å². The number of carbonyl (C=O) groups is 2. The number of benzene rings is 2. The topological polar surface area (TPSA) is 52.7 Å². The van der Waals surface area contributed by atoms with Gasteiger partial charge in [0, 0.05) is 18.2 Å². The van der Waals surface area contributed by atoms with Crippen LogP contribution < -0.4 is 10.2 Å². The number of hydrogen-bond acceptors (Lipinski definition) is 3. The van der Waals surface area contributed by atoms with Crippen LogP contribution in [0.5, 0.6) is 0 Å². The van der Waals surface area contributed by atoms with Crippen molar-refractivity contribution < 1.29 is 14.0 Å². The van der Waals surface area contributed by atoms with E-state index in [0.717, 1.165) is 12.8 Å². The molecule has 2 aliphatic rings. The molecule has 0 bridgehead atoms. The number of amides is 2. The van der Waals surface area contributed by atoms with E-state index in [9.17, 15) is 14.0 Å². The molecule has 5 nitrogen and oxygen atoms in total. The highest BCUT2D eigenvalue weighted by Crippen LogP contribution is 2.37. The number of para-hydroxylation sites is 2. The molecule has 0 spiro atoms. The third-order valence-corrected chi connectivity index (χ3v) is 5.49. The standard InChI is InChI=1S/C22H24FN3O2/c1-22(2)21(28)24-18-9-5-6-10-19(18)26(22)20(27)14-25(16-11-12-16)13-15-7-3-4-8-17(15)23/h3-10,16H,11-14H2,1-2H3,(H,24,28). The monoisotopic (exact) mass is 381 g/mol. The molecule has 0 radical (unpaired) electrons. The number of hydrogen-bond donors (Lipinski definition) is 1. The number of halogens is 1. The van der Waals surface area contributed by atoms with Gasteiger partial charge < -0.3 is 5.32 Å². The van der Waals surface area contributed by atoms with E-state index in [2.05, 4.69) is 5.32 Å². The van der Waals surface area contributed by atoms with Crippen LogP contribution in [0.3, 0.4) is 0 Å². The number of rotatable bonds is 5. The van der Waals surface area contributed by atoms with E-state index in [0.29, 0.717) is 23.5 Å². The van der Waals surface area contributed by atoms with Crippen molar-refractivity contribution in [2.45, 2.75) is 44.8 Å². The highest BCUT2D eigenvalue weighted by atomic mass is 19.1. The average molecular weight is 381 g/mol. The molecule has 1 aliphatic heterocycles. The van der Waals surface area contributed by atoms with Crippen LogP contribution in [-0.4, -0.2) is 34.8 Å². The summed E-state index contributed by atoms with van der Waals surface area (Å²) in [6, 6.07) is 14.3. The third-order valence-electron chi connectivity index (χ3n) is 5.49. The van der Waals surface area contributed by atoms with Crippen molar-refractivity contribution in [2.75, 3.05) is 16.8 Å². The van der Waals surface area contributed by atoms with Gasteiger partial charge in [0.1, 0.15) is 11.4 Å². The van der Waals surface area contributed by atoms with Crippen molar-refractivity contribution in [2.24, 2.45) is 0 Å². The van der Waals surface area contributed by atoms with Crippen molar-refractivity contribution in [3.8, 4) is 0 Å². The lowest BCUT2D eigenvalue weighted by atomic mass is 9.96. The summed E-state index contributed by atoms with van der Waals surface area (Å²) in [6.45, 7) is 4.01. The Labute approximate surface area is 164 Å². The molecule has 1 aliphatic carbocycles. The summed E-state index contributed by atoms with van der Waals surface area (Å²) < 4.78 is 14.1. The minimum absolute atomic E-state index is 0.143. The number of nitrogens with one attached hydrogen (secondary N) is 1. The Kier molecular flexibility index (Phi) is 4.67. The SMILES string of the molecule is CC1(C)C(=O)Nc2ccccc2N1C(=O)CN(Cc1ccccc1F)C1CC1. The molecule has 1 N–H and O–H groups in total. The van der Waals surface area contributed by atoms with Crippen LogP contribution in [0.15, 0.2) is 48.5 Å². The first kappa shape index (κ1) is 18.6. The fraction of sp³-hybridized carbons (Fsp3) is 0.364. The first-order valence-corrected chi connectivity index (χ1v) is 9.59. The summed E-state index contributed by atoms with van der Waals surface area (Å²) in [5.74, 6) is -0.634. The first-order chi connectivity index (χ1) is 13.4. The molecule has 4 rings (SSSR count). The van der Waals surface area contributed by atoms with Gasteiger partial charge in [0.2, 0.25) is 11.8 Å². The Hall–Kier alpha value is -2.73. The van der Waals surface area contributed by atoms with Crippen LogP contribution in [0, 0.1) is 5.82 Å². The van der Waals surface area contributed by atoms with Crippen LogP contribution in [0.25, 0.3) is 0 Å². The minimum atomic E-state index is -1.00. The van der Waals surface area contributed by atoms with E-state index in [1.807, 2.05) is 23.1 Å². The summed E-state index contributed by atoms with van der Waals surface area (Å²) in [5, 5.41) is 2.87. The van der Waals surface area contributed by atoms with Crippen molar-refractivity contribution in [3.05, 3.63) is 59.9 Å². The molecule has 146 valence electrons. The van der Waals surface area contributed by atoms with Gasteiger partial charge in [0.25, 0.3) is 0 Å². The largest absolute Gasteiger partial charge is 0.322 e. The van der Waals surface area contributed by atoms with E-state index < -0.39 is 5.54 Å². The number of carbonyl (C=O) groups excluding carboxylic acids is 2. The van der Waals surface area contributed by atoms with Crippen molar-refractivity contribution in [1.82, 2.24) is 4.90 Å². The van der Waals surface area contributed by atoms with Crippen molar-refractivity contribution in [1.29, 1.82) is 0 Å². The first-order valence-electron chi connectivity index (χ1n) is 9.59. The van der Waals surface area contributed by atoms with Crippen LogP contribution in [0.4, 0.5) is 15.8 Å². The zero-order chi connectivity index (χ0) is 19.9. The second kappa shape index (κ2) is 7.02. The van der Waals surface area contributed by atoms with Crippen LogP contribution in [0.2, 0.25) is 0 Å². The Morgan fingerprint density at radius 2 is 1.86 bits per heavy atom. The van der Waals surface area contributed by atoms with Gasteiger partial charge in [-0.25, -0.2) is 4.39 Å². The lowest BCUT2D eigenvalue weighted by Crippen LogP contribution is -2.60. The van der Waals surface area contributed by atoms with Crippen LogP contribution in [-0.2, 0) is 16.1 Å². The van der Waals surface area contributed by atoms with E-state index >= 15 is 0 Å². The highest BCUT2D eigenvalue weighted by Gasteiger charge is 2.44. The molecule has 0 saturated heterocycles. The quantitative estimate of drug-likeness (QED) is 0.862. The molecular weight excluding hydrogens is 357 g/mol. The molecule has 2 aromatic carbocycles. The maximum absolute atomic E-state index is 14.1. The predicted molar refractivity (Wildman–Crippen MR) is 106 cm³/mol. The maximum atomic E-state index is 14.1. The van der Waals surface area contributed by atoms with Crippen molar-refractivity contribution >= 4 is 23.2 Å². The maximum Gasteiger partial charge on any atom is 0.250 e. The Morgan fingerprint density at radius 3 is 2.57 bits per heavy atom. The van der Waals surface area contributed by atoms with Gasteiger partial charge in [-0.2, -0.15) is 0 Å². The molecule has 6 heteroatoms. The molecule has 0 unspecified atom stereocenters. The second-order valence-electron chi connectivity index (χ2n) is 7.99. The molecule has 0 atom stereocenters. The second-order valence-corrected chi connectivity index (χ2v) is 7.99. The minimum Gasteiger partial charge on any atom is -0.322 e. The third kappa shape index (κ3) is 3.40. The van der Waals surface area contributed by atoms with Gasteiger partial charge in [0.05, 0.1) is 17.9 Å². The highest BCUT2D eigenvalue weighted by molar-refractivity contribution is 6.14. The Balaban J connectivity index is 1.60. The molecule has 1 fully saturated rings. The number of fused-ring (bicyclic) bond motifs is 1. The summed E-state index contributed by atoms with van der Waals surface area (Å²) >= 11 is 0. The van der Waals surface area contributed by atoms with Crippen LogP contribution >= 0.6 is 0 Å².